The number of hydrogen-bond donors (Lipinski definition) is 1. The summed E-state index contributed by atoms with van der Waals surface area (Å²) in [7, 11) is 0. The van der Waals surface area contributed by atoms with Gasteiger partial charge in [-0.15, -0.1) is 0 Å². The van der Waals surface area contributed by atoms with E-state index in [-0.39, 0.29) is 0 Å². The van der Waals surface area contributed by atoms with Crippen molar-refractivity contribution in [1.29, 1.82) is 0 Å². The standard InChI is InChI=1S/C19H20ClNO5/c1-3-24-16-10-6-15(7-11-16)21-18(22)12-25-19(23)13(2)26-17-8-4-14(20)5-9-17/h4-11,13H,3,12H2,1-2H3,(H,21,22)/t13-/m1/s1. The number of rotatable bonds is 8. The van der Waals surface area contributed by atoms with Gasteiger partial charge in [-0.1, -0.05) is 11.6 Å². The van der Waals surface area contributed by atoms with E-state index in [4.69, 9.17) is 25.8 Å². The third-order valence-corrected chi connectivity index (χ3v) is 3.51. The van der Waals surface area contributed by atoms with Gasteiger partial charge < -0.3 is 19.5 Å². The molecule has 0 heterocycles. The van der Waals surface area contributed by atoms with E-state index in [1.54, 1.807) is 55.5 Å². The molecular formula is C19H20ClNO5. The van der Waals surface area contributed by atoms with Crippen LogP contribution in [0, 0.1) is 0 Å². The van der Waals surface area contributed by atoms with E-state index in [2.05, 4.69) is 5.32 Å². The van der Waals surface area contributed by atoms with E-state index in [1.807, 2.05) is 6.92 Å². The van der Waals surface area contributed by atoms with Crippen molar-refractivity contribution in [2.45, 2.75) is 20.0 Å². The number of esters is 1. The van der Waals surface area contributed by atoms with Crippen molar-refractivity contribution >= 4 is 29.2 Å². The van der Waals surface area contributed by atoms with Crippen LogP contribution in [0.5, 0.6) is 11.5 Å². The van der Waals surface area contributed by atoms with Crippen molar-refractivity contribution in [1.82, 2.24) is 0 Å². The summed E-state index contributed by atoms with van der Waals surface area (Å²) in [6.45, 7) is 3.60. The van der Waals surface area contributed by atoms with Crippen molar-refractivity contribution in [2.24, 2.45) is 0 Å². The minimum Gasteiger partial charge on any atom is -0.494 e. The van der Waals surface area contributed by atoms with Crippen LogP contribution in [0.2, 0.25) is 5.02 Å². The first-order valence-electron chi connectivity index (χ1n) is 8.09. The molecule has 1 N–H and O–H groups in total. The summed E-state index contributed by atoms with van der Waals surface area (Å²) >= 11 is 5.79. The lowest BCUT2D eigenvalue weighted by molar-refractivity contribution is -0.153. The second kappa shape index (κ2) is 9.68. The highest BCUT2D eigenvalue weighted by Crippen LogP contribution is 2.17. The van der Waals surface area contributed by atoms with Gasteiger partial charge in [-0.3, -0.25) is 4.79 Å². The maximum Gasteiger partial charge on any atom is 0.347 e. The molecule has 2 aromatic carbocycles. The van der Waals surface area contributed by atoms with Crippen LogP contribution in [0.1, 0.15) is 13.8 Å². The van der Waals surface area contributed by atoms with Crippen LogP contribution < -0.4 is 14.8 Å². The van der Waals surface area contributed by atoms with E-state index in [0.717, 1.165) is 0 Å². The van der Waals surface area contributed by atoms with Crippen molar-refractivity contribution in [2.75, 3.05) is 18.5 Å². The zero-order valence-corrected chi connectivity index (χ0v) is 15.3. The number of benzene rings is 2. The molecule has 0 unspecified atom stereocenters. The fraction of sp³-hybridized carbons (Fsp3) is 0.263. The normalized spacial score (nSPS) is 11.3. The molecule has 0 radical (unpaired) electrons. The highest BCUT2D eigenvalue weighted by molar-refractivity contribution is 6.30. The molecule has 0 aromatic heterocycles. The first-order valence-corrected chi connectivity index (χ1v) is 8.47. The van der Waals surface area contributed by atoms with E-state index in [0.29, 0.717) is 28.8 Å². The molecule has 2 aromatic rings. The van der Waals surface area contributed by atoms with Crippen LogP contribution in [-0.4, -0.2) is 31.2 Å². The molecule has 0 aliphatic heterocycles. The van der Waals surface area contributed by atoms with Crippen molar-refractivity contribution < 1.29 is 23.8 Å². The van der Waals surface area contributed by atoms with Crippen molar-refractivity contribution in [3.05, 3.63) is 53.6 Å². The molecule has 1 atom stereocenters. The number of nitrogens with one attached hydrogen (secondary N) is 1. The molecular weight excluding hydrogens is 358 g/mol. The molecule has 0 bridgehead atoms. The lowest BCUT2D eigenvalue weighted by atomic mass is 10.3. The number of carbonyl (C=O) groups is 2. The van der Waals surface area contributed by atoms with E-state index in [1.165, 1.54) is 0 Å². The van der Waals surface area contributed by atoms with E-state index in [9.17, 15) is 9.59 Å². The number of anilines is 1. The summed E-state index contributed by atoms with van der Waals surface area (Å²) in [4.78, 5) is 23.8. The molecule has 0 spiro atoms. The average Bonchev–Trinajstić information content (AvgIpc) is 2.63. The molecule has 138 valence electrons. The van der Waals surface area contributed by atoms with Crippen LogP contribution in [0.25, 0.3) is 0 Å². The van der Waals surface area contributed by atoms with Crippen LogP contribution in [0.15, 0.2) is 48.5 Å². The predicted octanol–water partition coefficient (Wildman–Crippen LogP) is 3.69. The second-order valence-corrected chi connectivity index (χ2v) is 5.76. The summed E-state index contributed by atoms with van der Waals surface area (Å²) < 4.78 is 15.7. The number of halogens is 1. The number of ether oxygens (including phenoxy) is 3. The smallest absolute Gasteiger partial charge is 0.347 e. The van der Waals surface area contributed by atoms with E-state index < -0.39 is 24.6 Å². The average molecular weight is 378 g/mol. The highest BCUT2D eigenvalue weighted by atomic mass is 35.5. The number of amides is 1. The van der Waals surface area contributed by atoms with Crippen LogP contribution in [0.3, 0.4) is 0 Å². The maximum absolute atomic E-state index is 11.9. The Balaban J connectivity index is 1.76. The van der Waals surface area contributed by atoms with Gasteiger partial charge in [0, 0.05) is 10.7 Å². The SMILES string of the molecule is CCOc1ccc(NC(=O)COC(=O)[C@@H](C)Oc2ccc(Cl)cc2)cc1. The molecule has 0 aliphatic carbocycles. The largest absolute Gasteiger partial charge is 0.494 e. The highest BCUT2D eigenvalue weighted by Gasteiger charge is 2.18. The molecule has 0 saturated carbocycles. The van der Waals surface area contributed by atoms with Crippen molar-refractivity contribution in [3.8, 4) is 11.5 Å². The molecule has 26 heavy (non-hydrogen) atoms. The summed E-state index contributed by atoms with van der Waals surface area (Å²) in [5.41, 5.74) is 0.583. The Labute approximate surface area is 157 Å². The van der Waals surface area contributed by atoms with Crippen LogP contribution >= 0.6 is 11.6 Å². The van der Waals surface area contributed by atoms with Gasteiger partial charge in [-0.2, -0.15) is 0 Å². The molecule has 0 saturated heterocycles. The van der Waals surface area contributed by atoms with Gasteiger partial charge in [0.25, 0.3) is 5.91 Å². The Morgan fingerprint density at radius 2 is 1.65 bits per heavy atom. The molecule has 7 heteroatoms. The second-order valence-electron chi connectivity index (χ2n) is 5.33. The predicted molar refractivity (Wildman–Crippen MR) is 98.7 cm³/mol. The minimum atomic E-state index is -0.852. The van der Waals surface area contributed by atoms with E-state index >= 15 is 0 Å². The Bertz CT molecular complexity index is 731. The molecule has 2 rings (SSSR count). The maximum atomic E-state index is 11.9. The third kappa shape index (κ3) is 6.29. The van der Waals surface area contributed by atoms with Crippen molar-refractivity contribution in [3.63, 3.8) is 0 Å². The lowest BCUT2D eigenvalue weighted by Gasteiger charge is -2.14. The summed E-state index contributed by atoms with van der Waals surface area (Å²) in [6, 6.07) is 13.5. The molecule has 6 nitrogen and oxygen atoms in total. The number of hydrogen-bond acceptors (Lipinski definition) is 5. The fourth-order valence-corrected chi connectivity index (χ4v) is 2.14. The topological polar surface area (TPSA) is 73.9 Å². The monoisotopic (exact) mass is 377 g/mol. The van der Waals surface area contributed by atoms with Gasteiger partial charge >= 0.3 is 5.97 Å². The molecule has 0 aliphatic rings. The van der Waals surface area contributed by atoms with Gasteiger partial charge in [-0.25, -0.2) is 4.79 Å². The molecule has 0 fully saturated rings. The quantitative estimate of drug-likeness (QED) is 0.710. The third-order valence-electron chi connectivity index (χ3n) is 3.25. The van der Waals surface area contributed by atoms with Gasteiger partial charge in [0.15, 0.2) is 12.7 Å². The summed E-state index contributed by atoms with van der Waals surface area (Å²) in [5, 5.41) is 3.20. The Morgan fingerprint density at radius 1 is 1.04 bits per heavy atom. The zero-order chi connectivity index (χ0) is 18.9. The lowest BCUT2D eigenvalue weighted by Crippen LogP contribution is -2.29. The first-order chi connectivity index (χ1) is 12.5. The van der Waals surface area contributed by atoms with Gasteiger partial charge in [0.1, 0.15) is 11.5 Å². The van der Waals surface area contributed by atoms with Gasteiger partial charge in [0.05, 0.1) is 6.61 Å². The summed E-state index contributed by atoms with van der Waals surface area (Å²) in [6.07, 6.45) is -0.852. The fourth-order valence-electron chi connectivity index (χ4n) is 2.02. The van der Waals surface area contributed by atoms with Crippen LogP contribution in [0.4, 0.5) is 5.69 Å². The van der Waals surface area contributed by atoms with Gasteiger partial charge in [-0.05, 0) is 62.4 Å². The Morgan fingerprint density at radius 3 is 2.27 bits per heavy atom. The Kier molecular flexibility index (Phi) is 7.29. The first kappa shape index (κ1) is 19.6. The molecule has 1 amide bonds. The zero-order valence-electron chi connectivity index (χ0n) is 14.5. The minimum absolute atomic E-state index is 0.402. The van der Waals surface area contributed by atoms with Gasteiger partial charge in [0.2, 0.25) is 0 Å². The summed E-state index contributed by atoms with van der Waals surface area (Å²) in [5.74, 6) is 0.116. The van der Waals surface area contributed by atoms with Crippen LogP contribution in [-0.2, 0) is 14.3 Å². The number of carbonyl (C=O) groups excluding carboxylic acids is 2. The Hall–Kier alpha value is -2.73.